The normalized spacial score (nSPS) is 11.6. The van der Waals surface area contributed by atoms with Crippen LogP contribution in [0.25, 0.3) is 11.3 Å². The number of thiazole rings is 1. The summed E-state index contributed by atoms with van der Waals surface area (Å²) in [6.07, 6.45) is -4.55. The molecular formula is C12H8F3NO2S. The number of hydrogen-bond donors (Lipinski definition) is 1. The van der Waals surface area contributed by atoms with E-state index in [1.54, 1.807) is 6.92 Å². The summed E-state index contributed by atoms with van der Waals surface area (Å²) >= 11 is 0.859. The first-order valence-corrected chi connectivity index (χ1v) is 5.99. The molecule has 0 aliphatic rings. The number of aromatic nitrogens is 1. The molecule has 2 rings (SSSR count). The zero-order valence-corrected chi connectivity index (χ0v) is 10.5. The lowest BCUT2D eigenvalue weighted by Crippen LogP contribution is -2.08. The highest BCUT2D eigenvalue weighted by Crippen LogP contribution is 2.38. The van der Waals surface area contributed by atoms with E-state index < -0.39 is 17.7 Å². The van der Waals surface area contributed by atoms with Crippen LogP contribution in [0.4, 0.5) is 13.2 Å². The third-order valence-corrected chi connectivity index (χ3v) is 3.37. The number of rotatable bonds is 2. The number of aryl methyl sites for hydroxylation is 1. The lowest BCUT2D eigenvalue weighted by Gasteiger charge is -2.11. The summed E-state index contributed by atoms with van der Waals surface area (Å²) in [5, 5.41) is 9.43. The number of carboxylic acids is 1. The molecule has 0 saturated heterocycles. The monoisotopic (exact) mass is 287 g/mol. The van der Waals surface area contributed by atoms with Gasteiger partial charge in [0, 0.05) is 5.56 Å². The van der Waals surface area contributed by atoms with Crippen LogP contribution < -0.4 is 0 Å². The average molecular weight is 287 g/mol. The van der Waals surface area contributed by atoms with Gasteiger partial charge in [0.2, 0.25) is 0 Å². The lowest BCUT2D eigenvalue weighted by molar-refractivity contribution is -0.137. The Hall–Kier alpha value is -1.89. The predicted octanol–water partition coefficient (Wildman–Crippen LogP) is 3.84. The van der Waals surface area contributed by atoms with Crippen LogP contribution in [0.1, 0.15) is 20.2 Å². The van der Waals surface area contributed by atoms with Crippen molar-refractivity contribution in [1.82, 2.24) is 4.98 Å². The molecule has 1 aromatic carbocycles. The Labute approximate surface area is 110 Å². The number of carboxylic acid groups (broad SMARTS) is 1. The van der Waals surface area contributed by atoms with E-state index in [-0.39, 0.29) is 16.1 Å². The van der Waals surface area contributed by atoms with E-state index in [4.69, 9.17) is 5.11 Å². The standard InChI is InChI=1S/C12H8F3NO2S/c1-6-16-9(10(19-6)11(17)18)7-4-2-3-5-8(7)12(13,14)15/h2-5H,1H3,(H,17,18). The molecule has 0 atom stereocenters. The number of halogens is 3. The lowest BCUT2D eigenvalue weighted by atomic mass is 10.0. The van der Waals surface area contributed by atoms with E-state index in [1.807, 2.05) is 0 Å². The van der Waals surface area contributed by atoms with Gasteiger partial charge < -0.3 is 5.11 Å². The first-order valence-electron chi connectivity index (χ1n) is 5.18. The molecule has 0 radical (unpaired) electrons. The Kier molecular flexibility index (Phi) is 3.32. The second kappa shape index (κ2) is 4.65. The average Bonchev–Trinajstić information content (AvgIpc) is 2.70. The van der Waals surface area contributed by atoms with Crippen molar-refractivity contribution >= 4 is 17.3 Å². The quantitative estimate of drug-likeness (QED) is 0.913. The molecule has 2 aromatic rings. The number of nitrogens with zero attached hydrogens (tertiary/aromatic N) is 1. The van der Waals surface area contributed by atoms with Crippen molar-refractivity contribution < 1.29 is 23.1 Å². The predicted molar refractivity (Wildman–Crippen MR) is 64.2 cm³/mol. The summed E-state index contributed by atoms with van der Waals surface area (Å²) in [5.41, 5.74) is -1.23. The maximum absolute atomic E-state index is 12.9. The summed E-state index contributed by atoms with van der Waals surface area (Å²) in [6.45, 7) is 1.55. The summed E-state index contributed by atoms with van der Waals surface area (Å²) in [6, 6.07) is 4.82. The van der Waals surface area contributed by atoms with Gasteiger partial charge in [0.05, 0.1) is 16.3 Å². The Bertz CT molecular complexity index is 634. The molecule has 19 heavy (non-hydrogen) atoms. The fourth-order valence-corrected chi connectivity index (χ4v) is 2.46. The molecule has 7 heteroatoms. The molecule has 0 aliphatic heterocycles. The van der Waals surface area contributed by atoms with Gasteiger partial charge in [-0.05, 0) is 13.0 Å². The third kappa shape index (κ3) is 2.60. The molecule has 0 bridgehead atoms. The maximum Gasteiger partial charge on any atom is 0.417 e. The number of aromatic carboxylic acids is 1. The Morgan fingerprint density at radius 3 is 2.53 bits per heavy atom. The van der Waals surface area contributed by atoms with Crippen LogP contribution in [0.15, 0.2) is 24.3 Å². The minimum atomic E-state index is -4.55. The van der Waals surface area contributed by atoms with Crippen LogP contribution >= 0.6 is 11.3 Å². The molecule has 0 unspecified atom stereocenters. The molecule has 0 fully saturated rings. The van der Waals surface area contributed by atoms with E-state index in [0.717, 1.165) is 17.4 Å². The Morgan fingerprint density at radius 2 is 1.95 bits per heavy atom. The van der Waals surface area contributed by atoms with Crippen molar-refractivity contribution in [3.05, 3.63) is 39.7 Å². The number of carbonyl (C=O) groups is 1. The van der Waals surface area contributed by atoms with Gasteiger partial charge >= 0.3 is 12.1 Å². The van der Waals surface area contributed by atoms with Crippen LogP contribution in [0.2, 0.25) is 0 Å². The molecule has 1 heterocycles. The smallest absolute Gasteiger partial charge is 0.417 e. The van der Waals surface area contributed by atoms with Crippen molar-refractivity contribution in [2.24, 2.45) is 0 Å². The van der Waals surface area contributed by atoms with Crippen LogP contribution in [-0.4, -0.2) is 16.1 Å². The topological polar surface area (TPSA) is 50.2 Å². The zero-order chi connectivity index (χ0) is 14.2. The van der Waals surface area contributed by atoms with E-state index >= 15 is 0 Å². The summed E-state index contributed by atoms with van der Waals surface area (Å²) in [5.74, 6) is -1.28. The minimum absolute atomic E-state index is 0.136. The Balaban J connectivity index is 2.70. The fourth-order valence-electron chi connectivity index (χ4n) is 1.69. The highest BCUT2D eigenvalue weighted by molar-refractivity contribution is 7.14. The van der Waals surface area contributed by atoms with Gasteiger partial charge in [-0.15, -0.1) is 11.3 Å². The second-order valence-electron chi connectivity index (χ2n) is 3.76. The van der Waals surface area contributed by atoms with Crippen LogP contribution in [0.3, 0.4) is 0 Å². The molecule has 0 amide bonds. The number of benzene rings is 1. The first kappa shape index (κ1) is 13.5. The molecule has 0 spiro atoms. The van der Waals surface area contributed by atoms with Gasteiger partial charge in [0.15, 0.2) is 0 Å². The van der Waals surface area contributed by atoms with E-state index in [1.165, 1.54) is 18.2 Å². The van der Waals surface area contributed by atoms with E-state index in [9.17, 15) is 18.0 Å². The second-order valence-corrected chi connectivity index (χ2v) is 4.96. The molecule has 3 nitrogen and oxygen atoms in total. The van der Waals surface area contributed by atoms with Crippen LogP contribution in [-0.2, 0) is 6.18 Å². The summed E-state index contributed by atoms with van der Waals surface area (Å²) < 4.78 is 38.7. The SMILES string of the molecule is Cc1nc(-c2ccccc2C(F)(F)F)c(C(=O)O)s1. The first-order chi connectivity index (χ1) is 8.80. The van der Waals surface area contributed by atoms with Crippen molar-refractivity contribution in [1.29, 1.82) is 0 Å². The molecule has 0 saturated carbocycles. The molecule has 1 aromatic heterocycles. The number of alkyl halides is 3. The number of hydrogen-bond acceptors (Lipinski definition) is 3. The highest BCUT2D eigenvalue weighted by Gasteiger charge is 2.35. The van der Waals surface area contributed by atoms with Gasteiger partial charge in [-0.1, -0.05) is 18.2 Å². The van der Waals surface area contributed by atoms with Crippen molar-refractivity contribution in [3.8, 4) is 11.3 Å². The van der Waals surface area contributed by atoms with Crippen LogP contribution in [0.5, 0.6) is 0 Å². The van der Waals surface area contributed by atoms with E-state index in [0.29, 0.717) is 5.01 Å². The van der Waals surface area contributed by atoms with Gasteiger partial charge in [-0.2, -0.15) is 13.2 Å². The molecular weight excluding hydrogens is 279 g/mol. The summed E-state index contributed by atoms with van der Waals surface area (Å²) in [7, 11) is 0. The molecule has 100 valence electrons. The van der Waals surface area contributed by atoms with Gasteiger partial charge in [-0.3, -0.25) is 0 Å². The molecule has 0 aliphatic carbocycles. The van der Waals surface area contributed by atoms with Gasteiger partial charge in [0.25, 0.3) is 0 Å². The fraction of sp³-hybridized carbons (Fsp3) is 0.167. The Morgan fingerprint density at radius 1 is 1.32 bits per heavy atom. The minimum Gasteiger partial charge on any atom is -0.477 e. The maximum atomic E-state index is 12.9. The van der Waals surface area contributed by atoms with Crippen LogP contribution in [0, 0.1) is 6.92 Å². The highest BCUT2D eigenvalue weighted by atomic mass is 32.1. The van der Waals surface area contributed by atoms with Crippen molar-refractivity contribution in [3.63, 3.8) is 0 Å². The van der Waals surface area contributed by atoms with Gasteiger partial charge in [0.1, 0.15) is 4.88 Å². The largest absolute Gasteiger partial charge is 0.477 e. The van der Waals surface area contributed by atoms with Crippen molar-refractivity contribution in [2.75, 3.05) is 0 Å². The summed E-state index contributed by atoms with van der Waals surface area (Å²) in [4.78, 5) is 14.8. The molecule has 1 N–H and O–H groups in total. The third-order valence-electron chi connectivity index (χ3n) is 2.42. The van der Waals surface area contributed by atoms with Gasteiger partial charge in [-0.25, -0.2) is 9.78 Å². The van der Waals surface area contributed by atoms with Crippen molar-refractivity contribution in [2.45, 2.75) is 13.1 Å². The zero-order valence-electron chi connectivity index (χ0n) is 9.65. The van der Waals surface area contributed by atoms with E-state index in [2.05, 4.69) is 4.98 Å².